The van der Waals surface area contributed by atoms with Crippen LogP contribution in [0.5, 0.6) is 11.5 Å². The van der Waals surface area contributed by atoms with E-state index in [2.05, 4.69) is 0 Å². The summed E-state index contributed by atoms with van der Waals surface area (Å²) in [5, 5.41) is 9.59. The van der Waals surface area contributed by atoms with E-state index in [1.54, 1.807) is 37.3 Å². The van der Waals surface area contributed by atoms with Crippen molar-refractivity contribution >= 4 is 23.5 Å². The van der Waals surface area contributed by atoms with E-state index in [4.69, 9.17) is 26.2 Å². The molecule has 0 heterocycles. The highest BCUT2D eigenvalue weighted by atomic mass is 35.5. The van der Waals surface area contributed by atoms with Gasteiger partial charge in [-0.1, -0.05) is 23.7 Å². The molecular weight excluding hydrogens is 308 g/mol. The molecule has 22 heavy (non-hydrogen) atoms. The van der Waals surface area contributed by atoms with Crippen LogP contribution >= 0.6 is 11.6 Å². The lowest BCUT2D eigenvalue weighted by Crippen LogP contribution is -2.19. The lowest BCUT2D eigenvalue weighted by atomic mass is 10.2. The average Bonchev–Trinajstić information content (AvgIpc) is 2.46. The molecule has 0 fully saturated rings. The smallest absolute Gasteiger partial charge is 0.349 e. The van der Waals surface area contributed by atoms with Gasteiger partial charge in [-0.15, -0.1) is 0 Å². The SMILES string of the molecule is Cc1cc(Cl)ccc1OCC(=O)Oc1ccccc1C(=O)O. The summed E-state index contributed by atoms with van der Waals surface area (Å²) in [5.41, 5.74) is 0.699. The van der Waals surface area contributed by atoms with Crippen molar-refractivity contribution in [2.24, 2.45) is 0 Å². The highest BCUT2D eigenvalue weighted by molar-refractivity contribution is 6.30. The number of para-hydroxylation sites is 1. The van der Waals surface area contributed by atoms with Crippen molar-refractivity contribution in [1.29, 1.82) is 0 Å². The first-order valence-corrected chi connectivity index (χ1v) is 6.77. The molecule has 0 atom stereocenters. The fraction of sp³-hybridized carbons (Fsp3) is 0.125. The Hall–Kier alpha value is -2.53. The third-order valence-electron chi connectivity index (χ3n) is 2.82. The Morgan fingerprint density at radius 1 is 1.14 bits per heavy atom. The van der Waals surface area contributed by atoms with Crippen molar-refractivity contribution in [2.75, 3.05) is 6.61 Å². The molecule has 2 aromatic rings. The number of benzene rings is 2. The third kappa shape index (κ3) is 3.99. The molecule has 0 saturated carbocycles. The van der Waals surface area contributed by atoms with Gasteiger partial charge in [0.15, 0.2) is 6.61 Å². The monoisotopic (exact) mass is 320 g/mol. The second-order valence-electron chi connectivity index (χ2n) is 4.47. The van der Waals surface area contributed by atoms with Crippen LogP contribution in [0.4, 0.5) is 0 Å². The van der Waals surface area contributed by atoms with E-state index in [-0.39, 0.29) is 17.9 Å². The first kappa shape index (κ1) is 15.9. The minimum atomic E-state index is -1.17. The maximum absolute atomic E-state index is 11.8. The van der Waals surface area contributed by atoms with Gasteiger partial charge < -0.3 is 14.6 Å². The Labute approximate surface area is 132 Å². The predicted molar refractivity (Wildman–Crippen MR) is 80.7 cm³/mol. The molecule has 1 N–H and O–H groups in total. The van der Waals surface area contributed by atoms with E-state index in [0.717, 1.165) is 5.56 Å². The molecule has 0 saturated heterocycles. The summed E-state index contributed by atoms with van der Waals surface area (Å²) in [5.74, 6) is -1.37. The van der Waals surface area contributed by atoms with Crippen LogP contribution < -0.4 is 9.47 Å². The minimum Gasteiger partial charge on any atom is -0.482 e. The van der Waals surface area contributed by atoms with Crippen molar-refractivity contribution in [2.45, 2.75) is 6.92 Å². The number of aryl methyl sites for hydroxylation is 1. The number of carboxylic acids is 1. The molecule has 114 valence electrons. The van der Waals surface area contributed by atoms with Gasteiger partial charge in [-0.3, -0.25) is 0 Å². The Bertz CT molecular complexity index is 711. The van der Waals surface area contributed by atoms with Crippen LogP contribution in [-0.2, 0) is 4.79 Å². The Morgan fingerprint density at radius 2 is 1.86 bits per heavy atom. The number of carbonyl (C=O) groups excluding carboxylic acids is 1. The topological polar surface area (TPSA) is 72.8 Å². The molecule has 0 spiro atoms. The van der Waals surface area contributed by atoms with Crippen LogP contribution in [0, 0.1) is 6.92 Å². The van der Waals surface area contributed by atoms with Crippen molar-refractivity contribution in [3.05, 3.63) is 58.6 Å². The molecule has 0 amide bonds. The lowest BCUT2D eigenvalue weighted by molar-refractivity contribution is -0.136. The third-order valence-corrected chi connectivity index (χ3v) is 3.06. The predicted octanol–water partition coefficient (Wildman–Crippen LogP) is 3.33. The fourth-order valence-electron chi connectivity index (χ4n) is 1.80. The maximum atomic E-state index is 11.8. The van der Waals surface area contributed by atoms with Crippen LogP contribution in [0.25, 0.3) is 0 Å². The Morgan fingerprint density at radius 3 is 2.55 bits per heavy atom. The maximum Gasteiger partial charge on any atom is 0.349 e. The van der Waals surface area contributed by atoms with E-state index in [1.165, 1.54) is 12.1 Å². The van der Waals surface area contributed by atoms with Crippen LogP contribution in [0.2, 0.25) is 5.02 Å². The lowest BCUT2D eigenvalue weighted by Gasteiger charge is -2.10. The normalized spacial score (nSPS) is 10.1. The molecule has 5 nitrogen and oxygen atoms in total. The van der Waals surface area contributed by atoms with E-state index in [1.807, 2.05) is 0 Å². The Balaban J connectivity index is 2.00. The van der Waals surface area contributed by atoms with Crippen molar-refractivity contribution < 1.29 is 24.2 Å². The number of aromatic carboxylic acids is 1. The summed E-state index contributed by atoms with van der Waals surface area (Å²) in [4.78, 5) is 22.8. The van der Waals surface area contributed by atoms with Crippen molar-refractivity contribution in [1.82, 2.24) is 0 Å². The number of ether oxygens (including phenoxy) is 2. The highest BCUT2D eigenvalue weighted by Gasteiger charge is 2.14. The minimum absolute atomic E-state index is 0.0172. The molecule has 2 aromatic carbocycles. The van der Waals surface area contributed by atoms with Crippen LogP contribution in [-0.4, -0.2) is 23.7 Å². The number of rotatable bonds is 5. The summed E-state index contributed by atoms with van der Waals surface area (Å²) in [6.07, 6.45) is 0. The van der Waals surface area contributed by atoms with E-state index in [0.29, 0.717) is 10.8 Å². The van der Waals surface area contributed by atoms with Gasteiger partial charge in [0.1, 0.15) is 17.1 Å². The first-order chi connectivity index (χ1) is 10.5. The van der Waals surface area contributed by atoms with Gasteiger partial charge in [-0.2, -0.15) is 0 Å². The van der Waals surface area contributed by atoms with Crippen LogP contribution in [0.3, 0.4) is 0 Å². The van der Waals surface area contributed by atoms with Crippen molar-refractivity contribution in [3.8, 4) is 11.5 Å². The van der Waals surface area contributed by atoms with Gasteiger partial charge in [-0.05, 0) is 42.8 Å². The average molecular weight is 321 g/mol. The summed E-state index contributed by atoms with van der Waals surface area (Å²) in [7, 11) is 0. The number of hydrogen-bond donors (Lipinski definition) is 1. The molecule has 6 heteroatoms. The zero-order chi connectivity index (χ0) is 16.1. The number of carbonyl (C=O) groups is 2. The number of carboxylic acid groups (broad SMARTS) is 1. The summed E-state index contributed by atoms with van der Waals surface area (Å²) in [6, 6.07) is 10.9. The van der Waals surface area contributed by atoms with E-state index in [9.17, 15) is 9.59 Å². The summed E-state index contributed by atoms with van der Waals surface area (Å²) in [6.45, 7) is 1.46. The quantitative estimate of drug-likeness (QED) is 0.675. The number of esters is 1. The van der Waals surface area contributed by atoms with Crippen LogP contribution in [0.15, 0.2) is 42.5 Å². The second-order valence-corrected chi connectivity index (χ2v) is 4.91. The largest absolute Gasteiger partial charge is 0.482 e. The first-order valence-electron chi connectivity index (χ1n) is 6.39. The number of hydrogen-bond acceptors (Lipinski definition) is 4. The molecule has 0 radical (unpaired) electrons. The van der Waals surface area contributed by atoms with Gasteiger partial charge in [-0.25, -0.2) is 9.59 Å². The highest BCUT2D eigenvalue weighted by Crippen LogP contribution is 2.22. The Kier molecular flexibility index (Phi) is 5.01. The van der Waals surface area contributed by atoms with E-state index >= 15 is 0 Å². The number of halogens is 1. The molecule has 0 aliphatic heterocycles. The molecule has 0 aliphatic carbocycles. The molecule has 2 rings (SSSR count). The van der Waals surface area contributed by atoms with Gasteiger partial charge >= 0.3 is 11.9 Å². The fourth-order valence-corrected chi connectivity index (χ4v) is 2.02. The molecule has 0 bridgehead atoms. The molecule has 0 aliphatic rings. The van der Waals surface area contributed by atoms with Gasteiger partial charge in [0, 0.05) is 5.02 Å². The van der Waals surface area contributed by atoms with Gasteiger partial charge in [0.05, 0.1) is 0 Å². The molecule has 0 unspecified atom stereocenters. The van der Waals surface area contributed by atoms with Crippen LogP contribution in [0.1, 0.15) is 15.9 Å². The van der Waals surface area contributed by atoms with Gasteiger partial charge in [0.2, 0.25) is 0 Å². The second kappa shape index (κ2) is 6.95. The summed E-state index contributed by atoms with van der Waals surface area (Å²) < 4.78 is 10.4. The molecular formula is C16H13ClO5. The molecule has 0 aromatic heterocycles. The van der Waals surface area contributed by atoms with Crippen molar-refractivity contribution in [3.63, 3.8) is 0 Å². The van der Waals surface area contributed by atoms with E-state index < -0.39 is 11.9 Å². The standard InChI is InChI=1S/C16H13ClO5/c1-10-8-11(17)6-7-13(10)21-9-15(18)22-14-5-3-2-4-12(14)16(19)20/h2-8H,9H2,1H3,(H,19,20). The zero-order valence-corrected chi connectivity index (χ0v) is 12.5. The summed E-state index contributed by atoms with van der Waals surface area (Å²) >= 11 is 5.83. The van der Waals surface area contributed by atoms with Gasteiger partial charge in [0.25, 0.3) is 0 Å². The zero-order valence-electron chi connectivity index (χ0n) is 11.7.